The van der Waals surface area contributed by atoms with E-state index in [1.807, 2.05) is 12.1 Å². The predicted molar refractivity (Wildman–Crippen MR) is 114 cm³/mol. The number of carbonyl (C=O) groups is 1. The number of hydrogen-bond donors (Lipinski definition) is 1. The van der Waals surface area contributed by atoms with Gasteiger partial charge in [0.05, 0.1) is 17.1 Å². The maximum atomic E-state index is 12.4. The van der Waals surface area contributed by atoms with Gasteiger partial charge in [0, 0.05) is 28.8 Å². The fourth-order valence-corrected chi connectivity index (χ4v) is 3.54. The molecule has 0 spiro atoms. The van der Waals surface area contributed by atoms with E-state index in [1.165, 1.54) is 4.68 Å². The highest BCUT2D eigenvalue weighted by Gasteiger charge is 2.17. The summed E-state index contributed by atoms with van der Waals surface area (Å²) in [4.78, 5) is 12.4. The van der Waals surface area contributed by atoms with Crippen molar-refractivity contribution in [2.24, 2.45) is 0 Å². The molecule has 1 N–H and O–H groups in total. The minimum atomic E-state index is -0.513. The molecule has 28 heavy (non-hydrogen) atoms. The molecule has 0 amide bonds. The lowest BCUT2D eigenvalue weighted by atomic mass is 10.0. The molecule has 0 aliphatic rings. The Labute approximate surface area is 172 Å². The Bertz CT molecular complexity index is 1060. The number of thioether (sulfide) groups is 1. The Kier molecular flexibility index (Phi) is 6.45. The maximum Gasteiger partial charge on any atom is 0.435 e. The van der Waals surface area contributed by atoms with Crippen LogP contribution >= 0.6 is 23.4 Å². The minimum absolute atomic E-state index is 0.336. The third-order valence-corrected chi connectivity index (χ3v) is 5.35. The molecule has 8 heteroatoms. The van der Waals surface area contributed by atoms with E-state index in [9.17, 15) is 4.79 Å². The predicted octanol–water partition coefficient (Wildman–Crippen LogP) is 5.01. The first-order valence-corrected chi connectivity index (χ1v) is 10.3. The van der Waals surface area contributed by atoms with E-state index in [-0.39, 0.29) is 0 Å². The van der Waals surface area contributed by atoms with Crippen LogP contribution in [0.25, 0.3) is 22.0 Å². The van der Waals surface area contributed by atoms with Gasteiger partial charge < -0.3 is 10.1 Å². The highest BCUT2D eigenvalue weighted by atomic mass is 35.5. The average Bonchev–Trinajstić information content (AvgIpc) is 3.09. The van der Waals surface area contributed by atoms with E-state index in [2.05, 4.69) is 23.4 Å². The Hall–Kier alpha value is -2.69. The summed E-state index contributed by atoms with van der Waals surface area (Å²) in [7, 11) is 1.74. The number of ether oxygens (including phenoxy) is 1. The van der Waals surface area contributed by atoms with Crippen LogP contribution in [0.3, 0.4) is 0 Å². The van der Waals surface area contributed by atoms with Gasteiger partial charge in [-0.2, -0.15) is 21.7 Å². The molecule has 0 bridgehead atoms. The van der Waals surface area contributed by atoms with Gasteiger partial charge in [-0.3, -0.25) is 0 Å². The molecule has 0 saturated carbocycles. The smallest absolute Gasteiger partial charge is 0.435 e. The van der Waals surface area contributed by atoms with Gasteiger partial charge in [-0.1, -0.05) is 24.6 Å². The van der Waals surface area contributed by atoms with Gasteiger partial charge in [-0.15, -0.1) is 5.10 Å². The Morgan fingerprint density at radius 3 is 2.89 bits per heavy atom. The van der Waals surface area contributed by atoms with E-state index < -0.39 is 6.09 Å². The highest BCUT2D eigenvalue weighted by Crippen LogP contribution is 2.33. The van der Waals surface area contributed by atoms with E-state index in [0.29, 0.717) is 28.5 Å². The third-order valence-electron chi connectivity index (χ3n) is 4.15. The Morgan fingerprint density at radius 1 is 1.36 bits per heavy atom. The van der Waals surface area contributed by atoms with E-state index in [4.69, 9.17) is 21.6 Å². The normalized spacial score (nSPS) is 10.6. The van der Waals surface area contributed by atoms with Crippen LogP contribution in [0.15, 0.2) is 36.4 Å². The monoisotopic (exact) mass is 414 g/mol. The van der Waals surface area contributed by atoms with Crippen molar-refractivity contribution in [1.82, 2.24) is 9.78 Å². The molecule has 0 unspecified atom stereocenters. The average molecular weight is 415 g/mol. The summed E-state index contributed by atoms with van der Waals surface area (Å²) in [6, 6.07) is 12.8. The second-order valence-electron chi connectivity index (χ2n) is 5.86. The van der Waals surface area contributed by atoms with Crippen LogP contribution in [0.5, 0.6) is 0 Å². The van der Waals surface area contributed by atoms with Gasteiger partial charge in [0.15, 0.2) is 5.82 Å². The molecule has 0 fully saturated rings. The number of carbonyl (C=O) groups excluding carboxylic acids is 1. The zero-order valence-electron chi connectivity index (χ0n) is 15.5. The van der Waals surface area contributed by atoms with Gasteiger partial charge >= 0.3 is 6.09 Å². The first-order valence-electron chi connectivity index (χ1n) is 8.74. The SMILES string of the molecule is CCSCCOC(=O)n1nc(NC)c2cc(-c3cc(C#N)ccc3Cl)ccc21. The molecule has 0 saturated heterocycles. The zero-order chi connectivity index (χ0) is 20.1. The fourth-order valence-electron chi connectivity index (χ4n) is 2.82. The molecule has 2 aromatic carbocycles. The molecular weight excluding hydrogens is 396 g/mol. The lowest BCUT2D eigenvalue weighted by molar-refractivity contribution is 0.153. The number of hydrogen-bond acceptors (Lipinski definition) is 6. The number of halogens is 1. The van der Waals surface area contributed by atoms with Crippen LogP contribution in [0.1, 0.15) is 12.5 Å². The summed E-state index contributed by atoms with van der Waals surface area (Å²) in [6.07, 6.45) is -0.513. The zero-order valence-corrected chi connectivity index (χ0v) is 17.1. The van der Waals surface area contributed by atoms with Crippen molar-refractivity contribution in [3.05, 3.63) is 47.0 Å². The number of nitrogens with one attached hydrogen (secondary N) is 1. The molecule has 144 valence electrons. The number of rotatable bonds is 6. The Balaban J connectivity index is 1.99. The maximum absolute atomic E-state index is 12.4. The van der Waals surface area contributed by atoms with Crippen LogP contribution < -0.4 is 5.32 Å². The van der Waals surface area contributed by atoms with E-state index >= 15 is 0 Å². The standard InChI is InChI=1S/C20H19ClN4O2S/c1-3-28-9-8-27-20(26)25-18-7-5-14(11-16(18)19(23-2)24-25)15-10-13(12-22)4-6-17(15)21/h4-7,10-11H,3,8-9H2,1-2H3,(H,23,24). The lowest BCUT2D eigenvalue weighted by Gasteiger charge is -2.07. The molecule has 1 heterocycles. The first kappa shape index (κ1) is 20.1. The minimum Gasteiger partial charge on any atom is -0.447 e. The summed E-state index contributed by atoms with van der Waals surface area (Å²) in [5.74, 6) is 2.28. The fraction of sp³-hybridized carbons (Fsp3) is 0.250. The van der Waals surface area contributed by atoms with Crippen LogP contribution in [-0.2, 0) is 4.74 Å². The third kappa shape index (κ3) is 4.08. The van der Waals surface area contributed by atoms with Crippen molar-refractivity contribution in [3.8, 4) is 17.2 Å². The molecule has 0 radical (unpaired) electrons. The number of nitriles is 1. The van der Waals surface area contributed by atoms with Crippen molar-refractivity contribution >= 4 is 46.2 Å². The quantitative estimate of drug-likeness (QED) is 0.571. The van der Waals surface area contributed by atoms with Crippen molar-refractivity contribution < 1.29 is 9.53 Å². The largest absolute Gasteiger partial charge is 0.447 e. The first-order chi connectivity index (χ1) is 13.6. The number of anilines is 1. The number of benzene rings is 2. The summed E-state index contributed by atoms with van der Waals surface area (Å²) in [5.41, 5.74) is 2.74. The van der Waals surface area contributed by atoms with Crippen molar-refractivity contribution in [2.45, 2.75) is 6.92 Å². The van der Waals surface area contributed by atoms with Crippen molar-refractivity contribution in [1.29, 1.82) is 5.26 Å². The second-order valence-corrected chi connectivity index (χ2v) is 7.66. The lowest BCUT2D eigenvalue weighted by Crippen LogP contribution is -2.16. The molecule has 1 aromatic heterocycles. The van der Waals surface area contributed by atoms with Gasteiger partial charge in [0.25, 0.3) is 0 Å². The number of fused-ring (bicyclic) bond motifs is 1. The van der Waals surface area contributed by atoms with Crippen LogP contribution in [0.4, 0.5) is 10.6 Å². The highest BCUT2D eigenvalue weighted by molar-refractivity contribution is 7.99. The summed E-state index contributed by atoms with van der Waals surface area (Å²) >= 11 is 8.04. The topological polar surface area (TPSA) is 79.9 Å². The Morgan fingerprint density at radius 2 is 2.18 bits per heavy atom. The summed E-state index contributed by atoms with van der Waals surface area (Å²) in [6.45, 7) is 2.39. The number of nitrogens with zero attached hydrogens (tertiary/aromatic N) is 3. The van der Waals surface area contributed by atoms with E-state index in [0.717, 1.165) is 28.0 Å². The molecule has 3 rings (SSSR count). The number of aromatic nitrogens is 2. The van der Waals surface area contributed by atoms with Crippen LogP contribution in [-0.4, -0.2) is 41.0 Å². The second kappa shape index (κ2) is 9.00. The molecule has 0 aliphatic heterocycles. The van der Waals surface area contributed by atoms with Crippen molar-refractivity contribution in [2.75, 3.05) is 30.5 Å². The van der Waals surface area contributed by atoms with Gasteiger partial charge in [0.1, 0.15) is 6.61 Å². The van der Waals surface area contributed by atoms with Crippen LogP contribution in [0.2, 0.25) is 5.02 Å². The summed E-state index contributed by atoms with van der Waals surface area (Å²) < 4.78 is 6.57. The summed E-state index contributed by atoms with van der Waals surface area (Å²) in [5, 5.41) is 17.8. The molecule has 3 aromatic rings. The van der Waals surface area contributed by atoms with Crippen molar-refractivity contribution in [3.63, 3.8) is 0 Å². The molecule has 6 nitrogen and oxygen atoms in total. The van der Waals surface area contributed by atoms with Gasteiger partial charge in [0.2, 0.25) is 0 Å². The molecule has 0 atom stereocenters. The van der Waals surface area contributed by atoms with Gasteiger partial charge in [-0.25, -0.2) is 4.79 Å². The van der Waals surface area contributed by atoms with Crippen LogP contribution in [0, 0.1) is 11.3 Å². The van der Waals surface area contributed by atoms with Gasteiger partial charge in [-0.05, 0) is 41.6 Å². The molecular formula is C20H19ClN4O2S. The van der Waals surface area contributed by atoms with E-state index in [1.54, 1.807) is 43.1 Å². The molecule has 0 aliphatic carbocycles.